The summed E-state index contributed by atoms with van der Waals surface area (Å²) in [5.41, 5.74) is 3.79. The number of nitrogens with zero attached hydrogens (tertiary/aromatic N) is 2. The maximum Gasteiger partial charge on any atom is 0.238 e. The maximum absolute atomic E-state index is 11.6. The highest BCUT2D eigenvalue weighted by atomic mass is 32.2. The molecule has 4 rings (SSSR count). The monoisotopic (exact) mass is 369 g/mol. The molecule has 0 radical (unpaired) electrons. The Balaban J connectivity index is 1.60. The minimum Gasteiger partial charge on any atom is -0.361 e. The van der Waals surface area contributed by atoms with Gasteiger partial charge in [-0.3, -0.25) is 0 Å². The number of primary sulfonamides is 1. The summed E-state index contributed by atoms with van der Waals surface area (Å²) >= 11 is 0. The fraction of sp³-hybridized carbons (Fsp3) is 0.211. The zero-order valence-electron chi connectivity index (χ0n) is 14.3. The molecule has 0 spiro atoms. The van der Waals surface area contributed by atoms with Crippen molar-refractivity contribution in [1.29, 1.82) is 0 Å². The van der Waals surface area contributed by atoms with Crippen LogP contribution in [0.25, 0.3) is 11.3 Å². The second-order valence-electron chi connectivity index (χ2n) is 6.56. The van der Waals surface area contributed by atoms with Gasteiger partial charge in [-0.25, -0.2) is 13.6 Å². The molecule has 0 saturated carbocycles. The third-order valence-electron chi connectivity index (χ3n) is 4.69. The van der Waals surface area contributed by atoms with Crippen LogP contribution in [0.5, 0.6) is 0 Å². The van der Waals surface area contributed by atoms with Gasteiger partial charge in [0.05, 0.1) is 11.4 Å². The molecule has 0 bridgehead atoms. The van der Waals surface area contributed by atoms with Crippen molar-refractivity contribution in [3.63, 3.8) is 0 Å². The molecule has 1 aliphatic heterocycles. The molecule has 7 heteroatoms. The molecule has 3 aromatic rings. The van der Waals surface area contributed by atoms with Gasteiger partial charge < -0.3 is 9.42 Å². The van der Waals surface area contributed by atoms with Crippen molar-refractivity contribution in [2.24, 2.45) is 5.14 Å². The smallest absolute Gasteiger partial charge is 0.238 e. The van der Waals surface area contributed by atoms with Crippen molar-refractivity contribution in [3.8, 4) is 11.3 Å². The van der Waals surface area contributed by atoms with Crippen LogP contribution in [-0.4, -0.2) is 19.6 Å². The molecule has 1 aliphatic rings. The van der Waals surface area contributed by atoms with Gasteiger partial charge in [-0.15, -0.1) is 0 Å². The van der Waals surface area contributed by atoms with E-state index in [1.807, 2.05) is 42.5 Å². The van der Waals surface area contributed by atoms with E-state index in [0.29, 0.717) is 6.54 Å². The van der Waals surface area contributed by atoms with Crippen LogP contribution in [0.3, 0.4) is 0 Å². The molecule has 1 atom stereocenters. The summed E-state index contributed by atoms with van der Waals surface area (Å²) in [6, 6.07) is 17.1. The first-order chi connectivity index (χ1) is 12.4. The number of fused-ring (bicyclic) bond motifs is 1. The zero-order valence-corrected chi connectivity index (χ0v) is 15.1. The highest BCUT2D eigenvalue weighted by Crippen LogP contribution is 2.35. The number of benzene rings is 2. The minimum atomic E-state index is -3.69. The van der Waals surface area contributed by atoms with Gasteiger partial charge in [0.2, 0.25) is 10.0 Å². The third-order valence-corrected chi connectivity index (χ3v) is 5.60. The molecule has 2 heterocycles. The molecule has 0 fully saturated rings. The van der Waals surface area contributed by atoms with Crippen molar-refractivity contribution < 1.29 is 12.9 Å². The zero-order chi connectivity index (χ0) is 18.3. The van der Waals surface area contributed by atoms with Crippen LogP contribution in [0.15, 0.2) is 64.0 Å². The van der Waals surface area contributed by atoms with Gasteiger partial charge in [-0.2, -0.15) is 0 Å². The van der Waals surface area contributed by atoms with E-state index >= 15 is 0 Å². The van der Waals surface area contributed by atoms with Crippen molar-refractivity contribution >= 4 is 15.7 Å². The molecule has 1 aromatic heterocycles. The lowest BCUT2D eigenvalue weighted by atomic mass is 10.1. The summed E-state index contributed by atoms with van der Waals surface area (Å²) in [4.78, 5) is 2.34. The lowest BCUT2D eigenvalue weighted by molar-refractivity contribution is 0.380. The van der Waals surface area contributed by atoms with Gasteiger partial charge in [-0.1, -0.05) is 35.5 Å². The van der Waals surface area contributed by atoms with Crippen molar-refractivity contribution in [2.75, 3.05) is 4.90 Å². The van der Waals surface area contributed by atoms with Crippen LogP contribution in [0, 0.1) is 0 Å². The SMILES string of the molecule is C[C@H]1Cc2cc(S(N)(=O)=O)ccc2N1Cc1cc(-c2ccccc2)no1. The highest BCUT2D eigenvalue weighted by Gasteiger charge is 2.28. The molecule has 0 amide bonds. The summed E-state index contributed by atoms with van der Waals surface area (Å²) in [7, 11) is -3.69. The third kappa shape index (κ3) is 3.11. The van der Waals surface area contributed by atoms with Gasteiger partial charge in [-0.05, 0) is 37.1 Å². The minimum absolute atomic E-state index is 0.149. The molecular weight excluding hydrogens is 350 g/mol. The summed E-state index contributed by atoms with van der Waals surface area (Å²) in [5, 5.41) is 9.40. The Morgan fingerprint density at radius 3 is 2.69 bits per heavy atom. The first-order valence-corrected chi connectivity index (χ1v) is 9.90. The number of rotatable bonds is 4. The van der Waals surface area contributed by atoms with E-state index in [1.54, 1.807) is 12.1 Å². The van der Waals surface area contributed by atoms with E-state index in [0.717, 1.165) is 34.7 Å². The number of hydrogen-bond donors (Lipinski definition) is 1. The molecule has 2 N–H and O–H groups in total. The summed E-state index contributed by atoms with van der Waals surface area (Å²) in [6.07, 6.45) is 0.762. The Hall–Kier alpha value is -2.64. The molecule has 0 saturated heterocycles. The standard InChI is InChI=1S/C19H19N3O3S/c1-13-9-15-10-17(26(20,23)24)7-8-19(15)22(13)12-16-11-18(21-25-16)14-5-3-2-4-6-14/h2-8,10-11,13H,9,12H2,1H3,(H2,20,23,24)/t13-/m0/s1. The largest absolute Gasteiger partial charge is 0.361 e. The molecule has 134 valence electrons. The average molecular weight is 369 g/mol. The Labute approximate surface area is 152 Å². The Kier molecular flexibility index (Phi) is 4.05. The Bertz CT molecular complexity index is 1040. The lowest BCUT2D eigenvalue weighted by Crippen LogP contribution is -2.28. The van der Waals surface area contributed by atoms with Crippen LogP contribution in [-0.2, 0) is 23.0 Å². The van der Waals surface area contributed by atoms with Crippen LogP contribution in [0.4, 0.5) is 5.69 Å². The topological polar surface area (TPSA) is 89.4 Å². The molecular formula is C19H19N3O3S. The predicted molar refractivity (Wildman–Crippen MR) is 99.1 cm³/mol. The first kappa shape index (κ1) is 16.8. The molecule has 26 heavy (non-hydrogen) atoms. The number of sulfonamides is 1. The average Bonchev–Trinajstić information content (AvgIpc) is 3.20. The molecule has 0 unspecified atom stereocenters. The normalized spacial score (nSPS) is 16.7. The van der Waals surface area contributed by atoms with E-state index in [1.165, 1.54) is 0 Å². The van der Waals surface area contributed by atoms with Crippen molar-refractivity contribution in [1.82, 2.24) is 5.16 Å². The fourth-order valence-corrected chi connectivity index (χ4v) is 3.95. The number of aromatic nitrogens is 1. The number of hydrogen-bond acceptors (Lipinski definition) is 5. The molecule has 2 aromatic carbocycles. The van der Waals surface area contributed by atoms with E-state index in [4.69, 9.17) is 9.66 Å². The second-order valence-corrected chi connectivity index (χ2v) is 8.12. The summed E-state index contributed by atoms with van der Waals surface area (Å²) in [6.45, 7) is 2.67. The maximum atomic E-state index is 11.6. The van der Waals surface area contributed by atoms with Gasteiger partial charge >= 0.3 is 0 Å². The van der Waals surface area contributed by atoms with Crippen molar-refractivity contribution in [3.05, 3.63) is 65.9 Å². The second kappa shape index (κ2) is 6.26. The van der Waals surface area contributed by atoms with Gasteiger partial charge in [0.1, 0.15) is 5.69 Å². The van der Waals surface area contributed by atoms with Crippen LogP contribution in [0.2, 0.25) is 0 Å². The number of anilines is 1. The van der Waals surface area contributed by atoms with Crippen LogP contribution < -0.4 is 10.0 Å². The quantitative estimate of drug-likeness (QED) is 0.764. The Morgan fingerprint density at radius 2 is 1.96 bits per heavy atom. The van der Waals surface area contributed by atoms with Gasteiger partial charge in [0, 0.05) is 23.4 Å². The van der Waals surface area contributed by atoms with E-state index in [9.17, 15) is 8.42 Å². The van der Waals surface area contributed by atoms with Crippen LogP contribution in [0.1, 0.15) is 18.2 Å². The van der Waals surface area contributed by atoms with E-state index < -0.39 is 10.0 Å². The van der Waals surface area contributed by atoms with E-state index in [-0.39, 0.29) is 10.9 Å². The highest BCUT2D eigenvalue weighted by molar-refractivity contribution is 7.89. The molecule has 0 aliphatic carbocycles. The first-order valence-electron chi connectivity index (χ1n) is 8.35. The lowest BCUT2D eigenvalue weighted by Gasteiger charge is -2.23. The van der Waals surface area contributed by atoms with E-state index in [2.05, 4.69) is 17.0 Å². The predicted octanol–water partition coefficient (Wildman–Crippen LogP) is 2.94. The van der Waals surface area contributed by atoms with Crippen molar-refractivity contribution in [2.45, 2.75) is 30.8 Å². The van der Waals surface area contributed by atoms with Crippen LogP contribution >= 0.6 is 0 Å². The number of nitrogens with two attached hydrogens (primary N) is 1. The summed E-state index contributed by atoms with van der Waals surface area (Å²) < 4.78 is 28.6. The summed E-state index contributed by atoms with van der Waals surface area (Å²) in [5.74, 6) is 0.763. The fourth-order valence-electron chi connectivity index (χ4n) is 3.39. The van der Waals surface area contributed by atoms with Gasteiger partial charge in [0.15, 0.2) is 5.76 Å². The Morgan fingerprint density at radius 1 is 1.19 bits per heavy atom. The molecule has 6 nitrogen and oxygen atoms in total. The van der Waals surface area contributed by atoms with Gasteiger partial charge in [0.25, 0.3) is 0 Å².